The van der Waals surface area contributed by atoms with Gasteiger partial charge in [0.25, 0.3) is 5.91 Å². The van der Waals surface area contributed by atoms with Crippen LogP contribution in [0.25, 0.3) is 11.0 Å². The second kappa shape index (κ2) is 6.09. The van der Waals surface area contributed by atoms with Crippen LogP contribution in [-0.2, 0) is 9.59 Å². The van der Waals surface area contributed by atoms with Crippen molar-refractivity contribution in [3.05, 3.63) is 53.6 Å². The Morgan fingerprint density at radius 3 is 2.67 bits per heavy atom. The quantitative estimate of drug-likeness (QED) is 0.749. The first-order valence-electron chi connectivity index (χ1n) is 8.98. The molecule has 7 heteroatoms. The third kappa shape index (κ3) is 2.68. The zero-order chi connectivity index (χ0) is 18.5. The van der Waals surface area contributed by atoms with Crippen molar-refractivity contribution in [3.8, 4) is 0 Å². The number of anilines is 2. The Labute approximate surface area is 160 Å². The molecule has 0 saturated heterocycles. The minimum Gasteiger partial charge on any atom is -0.325 e. The van der Waals surface area contributed by atoms with E-state index in [0.717, 1.165) is 23.9 Å². The number of fused-ring (bicyclic) bond motifs is 3. The predicted octanol–water partition coefficient (Wildman–Crippen LogP) is 3.77. The molecule has 6 nitrogen and oxygen atoms in total. The number of hydrogen-bond donors (Lipinski definition) is 1. The highest BCUT2D eigenvalue weighted by atomic mass is 35.5. The third-order valence-corrected chi connectivity index (χ3v) is 5.40. The number of carbonyl (C=O) groups excluding carboxylic acids is 2. The molecule has 2 heterocycles. The van der Waals surface area contributed by atoms with Crippen LogP contribution in [0.15, 0.2) is 48.5 Å². The van der Waals surface area contributed by atoms with Crippen molar-refractivity contribution in [3.63, 3.8) is 0 Å². The van der Waals surface area contributed by atoms with Crippen LogP contribution in [-0.4, -0.2) is 27.4 Å². The number of amides is 2. The summed E-state index contributed by atoms with van der Waals surface area (Å²) in [4.78, 5) is 32.1. The van der Waals surface area contributed by atoms with E-state index in [4.69, 9.17) is 11.6 Å². The molecule has 27 heavy (non-hydrogen) atoms. The van der Waals surface area contributed by atoms with Gasteiger partial charge in [0.15, 0.2) is 0 Å². The van der Waals surface area contributed by atoms with Gasteiger partial charge in [0, 0.05) is 6.04 Å². The summed E-state index contributed by atoms with van der Waals surface area (Å²) in [7, 11) is 0. The molecule has 2 aliphatic rings. The van der Waals surface area contributed by atoms with Gasteiger partial charge in [0.05, 0.1) is 28.2 Å². The van der Waals surface area contributed by atoms with Crippen molar-refractivity contribution in [2.45, 2.75) is 31.3 Å². The fraction of sp³-hybridized carbons (Fsp3) is 0.250. The van der Waals surface area contributed by atoms with Gasteiger partial charge in [-0.1, -0.05) is 35.9 Å². The van der Waals surface area contributed by atoms with E-state index in [0.29, 0.717) is 16.7 Å². The molecule has 136 valence electrons. The lowest BCUT2D eigenvalue weighted by Gasteiger charge is -2.15. The number of benzene rings is 2. The van der Waals surface area contributed by atoms with Gasteiger partial charge in [-0.05, 0) is 37.1 Å². The van der Waals surface area contributed by atoms with Crippen LogP contribution in [0.2, 0.25) is 5.02 Å². The Balaban J connectivity index is 1.48. The Bertz CT molecular complexity index is 1070. The highest BCUT2D eigenvalue weighted by Gasteiger charge is 2.47. The maximum Gasteiger partial charge on any atom is 0.253 e. The van der Waals surface area contributed by atoms with E-state index in [1.807, 2.05) is 28.8 Å². The number of aromatic nitrogens is 2. The van der Waals surface area contributed by atoms with Crippen molar-refractivity contribution in [2.75, 3.05) is 10.2 Å². The number of para-hydroxylation sites is 3. The average molecular weight is 381 g/mol. The van der Waals surface area contributed by atoms with E-state index >= 15 is 0 Å². The fourth-order valence-corrected chi connectivity index (χ4v) is 3.86. The van der Waals surface area contributed by atoms with Crippen LogP contribution in [0.3, 0.4) is 0 Å². The summed E-state index contributed by atoms with van der Waals surface area (Å²) in [5, 5.41) is 3.28. The third-order valence-electron chi connectivity index (χ3n) is 5.07. The van der Waals surface area contributed by atoms with Gasteiger partial charge in [-0.2, -0.15) is 0 Å². The highest BCUT2D eigenvalue weighted by molar-refractivity contribution is 6.33. The average Bonchev–Trinajstić information content (AvgIpc) is 3.36. The van der Waals surface area contributed by atoms with Gasteiger partial charge in [-0.25, -0.2) is 4.98 Å². The van der Waals surface area contributed by atoms with Crippen molar-refractivity contribution < 1.29 is 9.59 Å². The Morgan fingerprint density at radius 2 is 1.89 bits per heavy atom. The standard InChI is InChI=1S/C20H17ClN4O2/c21-13-5-1-2-6-14(13)22-18(26)11-17-19(27)24(12-9-10-12)20-23-15-7-3-4-8-16(15)25(17)20/h1-8,12,17H,9-11H2,(H,22,26). The first-order valence-corrected chi connectivity index (χ1v) is 9.35. The number of nitrogens with one attached hydrogen (secondary N) is 1. The molecular formula is C20H17ClN4O2. The molecule has 3 aromatic rings. The summed E-state index contributed by atoms with van der Waals surface area (Å²) >= 11 is 6.12. The van der Waals surface area contributed by atoms with Crippen LogP contribution < -0.4 is 10.2 Å². The molecule has 1 fully saturated rings. The molecule has 1 unspecified atom stereocenters. The molecule has 2 amide bonds. The lowest BCUT2D eigenvalue weighted by atomic mass is 10.1. The van der Waals surface area contributed by atoms with E-state index in [-0.39, 0.29) is 24.3 Å². The summed E-state index contributed by atoms with van der Waals surface area (Å²) < 4.78 is 1.90. The smallest absolute Gasteiger partial charge is 0.253 e. The van der Waals surface area contributed by atoms with Crippen molar-refractivity contribution >= 4 is 46.1 Å². The molecule has 1 saturated carbocycles. The lowest BCUT2D eigenvalue weighted by Crippen LogP contribution is -2.33. The molecule has 0 radical (unpaired) electrons. The highest BCUT2D eigenvalue weighted by Crippen LogP contribution is 2.42. The minimum absolute atomic E-state index is 0.0423. The lowest BCUT2D eigenvalue weighted by molar-refractivity contribution is -0.124. The first kappa shape index (κ1) is 16.3. The number of nitrogens with zero attached hydrogens (tertiary/aromatic N) is 3. The van der Waals surface area contributed by atoms with Crippen LogP contribution in [0.5, 0.6) is 0 Å². The van der Waals surface area contributed by atoms with Gasteiger partial charge in [-0.3, -0.25) is 19.1 Å². The molecule has 1 atom stereocenters. The molecular weight excluding hydrogens is 364 g/mol. The zero-order valence-electron chi connectivity index (χ0n) is 14.4. The molecule has 0 bridgehead atoms. The second-order valence-electron chi connectivity index (χ2n) is 6.96. The van der Waals surface area contributed by atoms with E-state index in [9.17, 15) is 9.59 Å². The van der Waals surface area contributed by atoms with Crippen molar-refractivity contribution in [2.24, 2.45) is 0 Å². The van der Waals surface area contributed by atoms with Crippen LogP contribution in [0.1, 0.15) is 25.3 Å². The van der Waals surface area contributed by atoms with Crippen molar-refractivity contribution in [1.29, 1.82) is 0 Å². The largest absolute Gasteiger partial charge is 0.325 e. The van der Waals surface area contributed by atoms with Gasteiger partial charge in [0.1, 0.15) is 6.04 Å². The monoisotopic (exact) mass is 380 g/mol. The summed E-state index contributed by atoms with van der Waals surface area (Å²) in [5.41, 5.74) is 2.26. The Morgan fingerprint density at radius 1 is 1.15 bits per heavy atom. The van der Waals surface area contributed by atoms with Crippen LogP contribution in [0.4, 0.5) is 11.6 Å². The van der Waals surface area contributed by atoms with E-state index in [2.05, 4.69) is 10.3 Å². The van der Waals surface area contributed by atoms with Gasteiger partial charge in [0.2, 0.25) is 11.9 Å². The number of rotatable bonds is 4. The van der Waals surface area contributed by atoms with Crippen LogP contribution >= 0.6 is 11.6 Å². The van der Waals surface area contributed by atoms with Crippen molar-refractivity contribution in [1.82, 2.24) is 9.55 Å². The minimum atomic E-state index is -0.588. The molecule has 0 spiro atoms. The molecule has 1 N–H and O–H groups in total. The maximum atomic E-state index is 13.1. The number of halogens is 1. The molecule has 2 aromatic carbocycles. The number of hydrogen-bond acceptors (Lipinski definition) is 3. The summed E-state index contributed by atoms with van der Waals surface area (Å²) in [6.07, 6.45) is 2.00. The first-order chi connectivity index (χ1) is 13.1. The Hall–Kier alpha value is -2.86. The molecule has 1 aliphatic heterocycles. The van der Waals surface area contributed by atoms with E-state index in [1.54, 1.807) is 29.2 Å². The topological polar surface area (TPSA) is 67.2 Å². The summed E-state index contributed by atoms with van der Waals surface area (Å²) in [6.45, 7) is 0. The van der Waals surface area contributed by atoms with Gasteiger partial charge >= 0.3 is 0 Å². The second-order valence-corrected chi connectivity index (χ2v) is 7.37. The fourth-order valence-electron chi connectivity index (χ4n) is 3.67. The van der Waals surface area contributed by atoms with Gasteiger partial charge in [-0.15, -0.1) is 0 Å². The summed E-state index contributed by atoms with van der Waals surface area (Å²) in [6, 6.07) is 14.4. The molecule has 1 aromatic heterocycles. The molecule has 1 aliphatic carbocycles. The van der Waals surface area contributed by atoms with Gasteiger partial charge < -0.3 is 5.32 Å². The van der Waals surface area contributed by atoms with E-state index < -0.39 is 6.04 Å². The zero-order valence-corrected chi connectivity index (χ0v) is 15.2. The number of carbonyl (C=O) groups is 2. The van der Waals surface area contributed by atoms with Crippen LogP contribution in [0, 0.1) is 0 Å². The van der Waals surface area contributed by atoms with E-state index in [1.165, 1.54) is 0 Å². The normalized spacial score (nSPS) is 18.8. The predicted molar refractivity (Wildman–Crippen MR) is 104 cm³/mol. The summed E-state index contributed by atoms with van der Waals surface area (Å²) in [5.74, 6) is 0.349. The molecule has 5 rings (SSSR count). The Kier molecular flexibility index (Phi) is 3.68. The maximum absolute atomic E-state index is 13.1. The number of imidazole rings is 1. The SMILES string of the molecule is O=C(CC1C(=O)N(C2CC2)c2nc3ccccc3n21)Nc1ccccc1Cl.